The number of aromatic hydroxyl groups is 1. The van der Waals surface area contributed by atoms with Crippen LogP contribution in [0.5, 0.6) is 5.75 Å². The fraction of sp³-hybridized carbons (Fsp3) is 0.386. The lowest BCUT2D eigenvalue weighted by atomic mass is 10.00. The van der Waals surface area contributed by atoms with Gasteiger partial charge in [0, 0.05) is 31.8 Å². The molecule has 16 N–H and O–H groups in total. The monoisotopic (exact) mass is 1090 g/mol. The van der Waals surface area contributed by atoms with Crippen LogP contribution in [0.4, 0.5) is 0 Å². The van der Waals surface area contributed by atoms with Gasteiger partial charge >= 0.3 is 11.9 Å². The molecule has 0 aliphatic carbocycles. The van der Waals surface area contributed by atoms with E-state index in [4.69, 9.17) is 22.0 Å². The smallest absolute Gasteiger partial charge is 0.326 e. The summed E-state index contributed by atoms with van der Waals surface area (Å²) in [5.74, 6) is -7.86. The first-order chi connectivity index (χ1) is 37.7. The summed E-state index contributed by atoms with van der Waals surface area (Å²) >= 11 is 0. The third-order valence-electron chi connectivity index (χ3n) is 12.9. The van der Waals surface area contributed by atoms with Crippen LogP contribution >= 0.6 is 0 Å². The third-order valence-corrected chi connectivity index (χ3v) is 12.9. The van der Waals surface area contributed by atoms with Crippen molar-refractivity contribution in [2.75, 3.05) is 19.6 Å². The molecule has 5 aromatic carbocycles. The average Bonchev–Trinajstić information content (AvgIpc) is 3.41. The van der Waals surface area contributed by atoms with E-state index in [0.717, 1.165) is 27.1 Å². The SMILES string of the molecule is CC(C)NCCCC[C@H](NC(=O)[C@H](Cc1ccc(O)cc1)NC(=O)[C@@H](N)Cc1ccc2ccccc2c1)C(=O)N[C@H](CCCNC(=N)N)C(=O)N[C@@H](Cc1ccc2ccccc2c1)C(=O)NCC(=O)N[C@H](CCC(=O)O)C(=O)O. The summed E-state index contributed by atoms with van der Waals surface area (Å²) in [6, 6.07) is 24.6. The van der Waals surface area contributed by atoms with Crippen LogP contribution in [0.2, 0.25) is 0 Å². The first-order valence-electron chi connectivity index (χ1n) is 26.3. The maximum Gasteiger partial charge on any atom is 0.326 e. The number of carbonyl (C=O) groups excluding carboxylic acids is 6. The molecule has 0 heterocycles. The molecule has 0 fully saturated rings. The minimum Gasteiger partial charge on any atom is -0.508 e. The second-order valence-corrected chi connectivity index (χ2v) is 19.7. The maximum absolute atomic E-state index is 14.7. The van der Waals surface area contributed by atoms with Gasteiger partial charge in [0.05, 0.1) is 12.6 Å². The highest BCUT2D eigenvalue weighted by Gasteiger charge is 2.33. The highest BCUT2D eigenvalue weighted by molar-refractivity contribution is 5.97. The number of aliphatic carboxylic acids is 2. The molecule has 22 nitrogen and oxygen atoms in total. The Balaban J connectivity index is 1.40. The van der Waals surface area contributed by atoms with Gasteiger partial charge in [-0.15, -0.1) is 0 Å². The van der Waals surface area contributed by atoms with Crippen molar-refractivity contribution in [3.05, 3.63) is 126 Å². The number of nitrogens with one attached hydrogen (secondary N) is 9. The highest BCUT2D eigenvalue weighted by Crippen LogP contribution is 2.19. The topological polar surface area (TPSA) is 369 Å². The van der Waals surface area contributed by atoms with Crippen molar-refractivity contribution in [1.29, 1.82) is 5.41 Å². The number of phenols is 1. The fourth-order valence-electron chi connectivity index (χ4n) is 8.69. The number of hydrogen-bond acceptors (Lipinski definition) is 12. The maximum atomic E-state index is 14.7. The van der Waals surface area contributed by atoms with Gasteiger partial charge in [0.1, 0.15) is 36.0 Å². The van der Waals surface area contributed by atoms with Gasteiger partial charge in [0.2, 0.25) is 35.4 Å². The number of nitrogens with two attached hydrogens (primary N) is 2. The van der Waals surface area contributed by atoms with Crippen molar-refractivity contribution in [2.24, 2.45) is 11.5 Å². The van der Waals surface area contributed by atoms with Crippen molar-refractivity contribution >= 4 is 74.9 Å². The number of hydrogen-bond donors (Lipinski definition) is 14. The molecule has 79 heavy (non-hydrogen) atoms. The fourth-order valence-corrected chi connectivity index (χ4v) is 8.69. The number of fused-ring (bicyclic) bond motifs is 2. The van der Waals surface area contributed by atoms with Crippen molar-refractivity contribution < 1.29 is 53.7 Å². The summed E-state index contributed by atoms with van der Waals surface area (Å²) in [7, 11) is 0. The Kier molecular flexibility index (Phi) is 24.0. The molecule has 6 atom stereocenters. The van der Waals surface area contributed by atoms with E-state index in [1.54, 1.807) is 18.2 Å². The zero-order chi connectivity index (χ0) is 57.4. The van der Waals surface area contributed by atoms with E-state index in [-0.39, 0.29) is 62.8 Å². The molecule has 0 unspecified atom stereocenters. The summed E-state index contributed by atoms with van der Waals surface area (Å²) in [5.41, 5.74) is 14.0. The number of guanidine groups is 1. The Morgan fingerprint density at radius 3 is 1.57 bits per heavy atom. The Morgan fingerprint density at radius 1 is 0.519 bits per heavy atom. The number of rotatable bonds is 32. The van der Waals surface area contributed by atoms with Gasteiger partial charge in [-0.3, -0.25) is 39.0 Å². The van der Waals surface area contributed by atoms with E-state index in [1.165, 1.54) is 12.1 Å². The molecule has 0 bridgehead atoms. The molecule has 22 heteroatoms. The number of carbonyl (C=O) groups is 8. The lowest BCUT2D eigenvalue weighted by Gasteiger charge is -2.27. The zero-order valence-electron chi connectivity index (χ0n) is 44.4. The lowest BCUT2D eigenvalue weighted by Crippen LogP contribution is -2.59. The summed E-state index contributed by atoms with van der Waals surface area (Å²) in [5, 5.41) is 61.7. The van der Waals surface area contributed by atoms with E-state index in [1.807, 2.05) is 92.7 Å². The van der Waals surface area contributed by atoms with Crippen LogP contribution in [-0.2, 0) is 57.6 Å². The number of phenolic OH excluding ortho intramolecular Hbond substituents is 1. The number of unbranched alkanes of at least 4 members (excludes halogenated alkanes) is 1. The summed E-state index contributed by atoms with van der Waals surface area (Å²) in [4.78, 5) is 108. The molecule has 5 aromatic rings. The predicted octanol–water partition coefficient (Wildman–Crippen LogP) is 1.97. The van der Waals surface area contributed by atoms with E-state index in [2.05, 4.69) is 42.5 Å². The van der Waals surface area contributed by atoms with E-state index in [9.17, 15) is 48.6 Å². The third kappa shape index (κ3) is 21.0. The number of carboxylic acid groups (broad SMARTS) is 2. The van der Waals surface area contributed by atoms with Gasteiger partial charge < -0.3 is 69.3 Å². The van der Waals surface area contributed by atoms with Gasteiger partial charge in [0.15, 0.2) is 5.96 Å². The van der Waals surface area contributed by atoms with Crippen LogP contribution in [0.15, 0.2) is 109 Å². The van der Waals surface area contributed by atoms with Crippen LogP contribution in [0, 0.1) is 5.41 Å². The van der Waals surface area contributed by atoms with Crippen LogP contribution in [0.1, 0.15) is 75.5 Å². The van der Waals surface area contributed by atoms with Crippen LogP contribution in [0.3, 0.4) is 0 Å². The largest absolute Gasteiger partial charge is 0.508 e. The minimum absolute atomic E-state index is 0.0176. The number of carboxylic acids is 2. The lowest BCUT2D eigenvalue weighted by molar-refractivity contribution is -0.143. The van der Waals surface area contributed by atoms with Crippen LogP contribution in [-0.4, -0.2) is 131 Å². The van der Waals surface area contributed by atoms with Gasteiger partial charge in [-0.1, -0.05) is 111 Å². The first-order valence-corrected chi connectivity index (χ1v) is 26.3. The van der Waals surface area contributed by atoms with Crippen LogP contribution in [0.25, 0.3) is 21.5 Å². The second kappa shape index (κ2) is 30.9. The molecule has 6 amide bonds. The Labute approximate surface area is 458 Å². The Bertz CT molecular complexity index is 2920. The Morgan fingerprint density at radius 2 is 1.01 bits per heavy atom. The quantitative estimate of drug-likeness (QED) is 0.0166. The van der Waals surface area contributed by atoms with Gasteiger partial charge in [-0.05, 0) is 102 Å². The van der Waals surface area contributed by atoms with E-state index < -0.39 is 103 Å². The van der Waals surface area contributed by atoms with E-state index in [0.29, 0.717) is 30.5 Å². The molecule has 0 saturated carbocycles. The second-order valence-electron chi connectivity index (χ2n) is 19.7. The summed E-state index contributed by atoms with van der Waals surface area (Å²) < 4.78 is 0. The summed E-state index contributed by atoms with van der Waals surface area (Å²) in [6.45, 7) is 3.94. The molecule has 0 aromatic heterocycles. The molecule has 5 rings (SSSR count). The van der Waals surface area contributed by atoms with Crippen LogP contribution < -0.4 is 54.0 Å². The number of benzene rings is 5. The molecule has 0 radical (unpaired) electrons. The first kappa shape index (κ1) is 61.2. The predicted molar refractivity (Wildman–Crippen MR) is 298 cm³/mol. The summed E-state index contributed by atoms with van der Waals surface area (Å²) in [6.07, 6.45) is 0.231. The number of amides is 6. The van der Waals surface area contributed by atoms with Gasteiger partial charge in [-0.2, -0.15) is 0 Å². The van der Waals surface area contributed by atoms with Crippen molar-refractivity contribution in [3.8, 4) is 5.75 Å². The van der Waals surface area contributed by atoms with Crippen molar-refractivity contribution in [2.45, 2.75) is 120 Å². The molecule has 0 spiro atoms. The molecular weight excluding hydrogens is 1010 g/mol. The molecule has 0 saturated heterocycles. The molecular formula is C57H73N11O11. The zero-order valence-corrected chi connectivity index (χ0v) is 44.4. The van der Waals surface area contributed by atoms with Gasteiger partial charge in [0.25, 0.3) is 0 Å². The van der Waals surface area contributed by atoms with E-state index >= 15 is 0 Å². The van der Waals surface area contributed by atoms with Gasteiger partial charge in [-0.25, -0.2) is 4.79 Å². The highest BCUT2D eigenvalue weighted by atomic mass is 16.4. The standard InChI is InChI=1S/C57H73N11O11/c1-34(2)61-26-8-7-14-44(66-55(77)48(31-35-18-22-42(69)23-19-35)67-51(73)43(58)30-36-16-20-38-10-3-5-12-40(38)28-36)53(75)65-45(15-9-27-62-57(59)60)54(76)68-47(32-37-17-21-39-11-4-6-13-41(39)29-37)52(74)63-33-49(70)64-46(56(78)79)24-25-50(71)72/h3-6,10-13,16-23,28-29,34,43-48,61,69H,7-9,14-15,24-27,30-33,58H2,1-2H3,(H,63,74)(H,64,70)(H,65,75)(H,66,77)(H,67,73)(H,68,76)(H,71,72)(H,78,79)(H4,59,60,62)/t43-,44-,45+,46+,47-,48-/m0/s1. The van der Waals surface area contributed by atoms with Crippen molar-refractivity contribution in [1.82, 2.24) is 42.5 Å². The van der Waals surface area contributed by atoms with Crippen molar-refractivity contribution in [3.63, 3.8) is 0 Å². The molecule has 0 aliphatic rings. The minimum atomic E-state index is -1.56. The Hall–Kier alpha value is -8.63. The molecule has 0 aliphatic heterocycles. The normalized spacial score (nSPS) is 13.4. The molecule has 422 valence electrons. The average molecular weight is 1090 g/mol.